The van der Waals surface area contributed by atoms with Gasteiger partial charge in [0.1, 0.15) is 11.6 Å². The molecule has 1 fully saturated rings. The molecule has 0 aromatic heterocycles. The van der Waals surface area contributed by atoms with Crippen LogP contribution in [0, 0.1) is 17.7 Å². The van der Waals surface area contributed by atoms with Gasteiger partial charge in [-0.1, -0.05) is 13.8 Å². The van der Waals surface area contributed by atoms with E-state index in [2.05, 4.69) is 19.2 Å². The summed E-state index contributed by atoms with van der Waals surface area (Å²) in [6.45, 7) is 5.12. The molecule has 0 aliphatic carbocycles. The zero-order valence-corrected chi connectivity index (χ0v) is 17.5. The number of methoxy groups -OCH3 is 1. The van der Waals surface area contributed by atoms with Crippen molar-refractivity contribution in [1.82, 2.24) is 4.31 Å². The first-order valence-electron chi connectivity index (χ1n) is 9.46. The first kappa shape index (κ1) is 21.3. The number of hydrogen-bond acceptors (Lipinski definition) is 4. The molecule has 0 bridgehead atoms. The van der Waals surface area contributed by atoms with Crippen molar-refractivity contribution in [2.45, 2.75) is 25.2 Å². The van der Waals surface area contributed by atoms with Crippen molar-refractivity contribution in [1.29, 1.82) is 0 Å². The predicted octanol–water partition coefficient (Wildman–Crippen LogP) is 3.75. The number of carbonyl (C=O) groups is 1. The van der Waals surface area contributed by atoms with Crippen LogP contribution in [0.2, 0.25) is 0 Å². The van der Waals surface area contributed by atoms with Crippen LogP contribution in [-0.4, -0.2) is 38.8 Å². The van der Waals surface area contributed by atoms with Crippen molar-refractivity contribution in [3.8, 4) is 5.75 Å². The molecule has 1 aliphatic heterocycles. The minimum atomic E-state index is -3.59. The Labute approximate surface area is 170 Å². The van der Waals surface area contributed by atoms with Crippen molar-refractivity contribution < 1.29 is 22.3 Å². The van der Waals surface area contributed by atoms with Gasteiger partial charge in [-0.15, -0.1) is 0 Å². The van der Waals surface area contributed by atoms with Crippen LogP contribution in [0.5, 0.6) is 5.75 Å². The van der Waals surface area contributed by atoms with E-state index in [0.717, 1.165) is 12.5 Å². The summed E-state index contributed by atoms with van der Waals surface area (Å²) in [6.07, 6.45) is 1.01. The summed E-state index contributed by atoms with van der Waals surface area (Å²) in [7, 11) is -2.20. The van der Waals surface area contributed by atoms with Crippen molar-refractivity contribution >= 4 is 21.6 Å². The average molecular weight is 421 g/mol. The molecule has 2 aromatic rings. The van der Waals surface area contributed by atoms with Crippen LogP contribution < -0.4 is 10.1 Å². The van der Waals surface area contributed by atoms with E-state index >= 15 is 0 Å². The number of rotatable bonds is 5. The van der Waals surface area contributed by atoms with E-state index in [1.165, 1.54) is 47.8 Å². The van der Waals surface area contributed by atoms with Gasteiger partial charge in [0.05, 0.1) is 17.6 Å². The highest BCUT2D eigenvalue weighted by Crippen LogP contribution is 2.27. The number of amides is 1. The third-order valence-electron chi connectivity index (χ3n) is 4.99. The quantitative estimate of drug-likeness (QED) is 0.799. The van der Waals surface area contributed by atoms with Crippen LogP contribution in [0.15, 0.2) is 47.4 Å². The Morgan fingerprint density at radius 3 is 2.31 bits per heavy atom. The van der Waals surface area contributed by atoms with Gasteiger partial charge in [-0.2, -0.15) is 4.31 Å². The summed E-state index contributed by atoms with van der Waals surface area (Å²) in [5.74, 6) is -0.226. The monoisotopic (exact) mass is 420 g/mol. The number of halogens is 1. The van der Waals surface area contributed by atoms with Gasteiger partial charge in [0.25, 0.3) is 5.91 Å². The maximum absolute atomic E-state index is 13.5. The van der Waals surface area contributed by atoms with Crippen molar-refractivity contribution in [3.05, 3.63) is 53.8 Å². The van der Waals surface area contributed by atoms with E-state index < -0.39 is 21.7 Å². The average Bonchev–Trinajstić information content (AvgIpc) is 2.67. The van der Waals surface area contributed by atoms with Crippen LogP contribution >= 0.6 is 0 Å². The molecule has 6 nitrogen and oxygen atoms in total. The SMILES string of the molecule is COc1ccc(F)cc1C(=O)Nc1ccc(S(=O)(=O)N2CC(C)CC(C)C2)cc1. The fourth-order valence-electron chi connectivity index (χ4n) is 3.72. The minimum absolute atomic E-state index is 0.0560. The minimum Gasteiger partial charge on any atom is -0.496 e. The fourth-order valence-corrected chi connectivity index (χ4v) is 5.40. The molecule has 2 aromatic carbocycles. The Morgan fingerprint density at radius 1 is 1.10 bits per heavy atom. The fraction of sp³-hybridized carbons (Fsp3) is 0.381. The van der Waals surface area contributed by atoms with Crippen LogP contribution in [0.3, 0.4) is 0 Å². The van der Waals surface area contributed by atoms with Crippen molar-refractivity contribution in [2.75, 3.05) is 25.5 Å². The van der Waals surface area contributed by atoms with E-state index in [0.29, 0.717) is 30.6 Å². The zero-order valence-electron chi connectivity index (χ0n) is 16.7. The summed E-state index contributed by atoms with van der Waals surface area (Å²) in [5, 5.41) is 2.64. The highest BCUT2D eigenvalue weighted by Gasteiger charge is 2.31. The molecule has 1 N–H and O–H groups in total. The summed E-state index contributed by atoms with van der Waals surface area (Å²) in [5.41, 5.74) is 0.459. The summed E-state index contributed by atoms with van der Waals surface area (Å²) in [4.78, 5) is 12.6. The highest BCUT2D eigenvalue weighted by molar-refractivity contribution is 7.89. The molecule has 3 rings (SSSR count). The molecular weight excluding hydrogens is 395 g/mol. The first-order chi connectivity index (χ1) is 13.7. The molecule has 0 saturated carbocycles. The smallest absolute Gasteiger partial charge is 0.259 e. The normalized spacial score (nSPS) is 20.3. The number of anilines is 1. The van der Waals surface area contributed by atoms with Crippen LogP contribution in [0.4, 0.5) is 10.1 Å². The van der Waals surface area contributed by atoms with Gasteiger partial charge in [0.15, 0.2) is 0 Å². The second kappa shape index (κ2) is 8.51. The molecule has 156 valence electrons. The van der Waals surface area contributed by atoms with Crippen molar-refractivity contribution in [3.63, 3.8) is 0 Å². The molecule has 0 spiro atoms. The number of carbonyl (C=O) groups excluding carboxylic acids is 1. The Balaban J connectivity index is 1.77. The molecule has 8 heteroatoms. The van der Waals surface area contributed by atoms with Gasteiger partial charge < -0.3 is 10.1 Å². The molecule has 2 atom stereocenters. The Hall–Kier alpha value is -2.45. The Bertz CT molecular complexity index is 982. The van der Waals surface area contributed by atoms with Crippen LogP contribution in [0.25, 0.3) is 0 Å². The number of ether oxygens (including phenoxy) is 1. The molecule has 1 saturated heterocycles. The molecular formula is C21H25FN2O4S. The van der Waals surface area contributed by atoms with E-state index in [1.807, 2.05) is 0 Å². The topological polar surface area (TPSA) is 75.7 Å². The molecule has 0 radical (unpaired) electrons. The lowest BCUT2D eigenvalue weighted by atomic mass is 9.94. The van der Waals surface area contributed by atoms with Gasteiger partial charge in [0, 0.05) is 18.8 Å². The van der Waals surface area contributed by atoms with Gasteiger partial charge in [-0.3, -0.25) is 4.79 Å². The maximum Gasteiger partial charge on any atom is 0.259 e. The Kier molecular flexibility index (Phi) is 6.24. The van der Waals surface area contributed by atoms with E-state index in [4.69, 9.17) is 4.74 Å². The maximum atomic E-state index is 13.5. The second-order valence-electron chi connectivity index (χ2n) is 7.59. The molecule has 1 amide bonds. The molecule has 1 heterocycles. The number of piperidine rings is 1. The third-order valence-corrected chi connectivity index (χ3v) is 6.84. The third kappa shape index (κ3) is 4.76. The lowest BCUT2D eigenvalue weighted by molar-refractivity contribution is 0.102. The van der Waals surface area contributed by atoms with E-state index in [1.54, 1.807) is 0 Å². The van der Waals surface area contributed by atoms with E-state index in [-0.39, 0.29) is 16.2 Å². The van der Waals surface area contributed by atoms with E-state index in [9.17, 15) is 17.6 Å². The lowest BCUT2D eigenvalue weighted by Crippen LogP contribution is -2.42. The van der Waals surface area contributed by atoms with Crippen molar-refractivity contribution in [2.24, 2.45) is 11.8 Å². The molecule has 29 heavy (non-hydrogen) atoms. The number of sulfonamides is 1. The first-order valence-corrected chi connectivity index (χ1v) is 10.9. The number of benzene rings is 2. The summed E-state index contributed by atoms with van der Waals surface area (Å²) < 4.78 is 46.0. The number of nitrogens with one attached hydrogen (secondary N) is 1. The Morgan fingerprint density at radius 2 is 1.72 bits per heavy atom. The predicted molar refractivity (Wildman–Crippen MR) is 109 cm³/mol. The van der Waals surface area contributed by atoms with Gasteiger partial charge in [-0.05, 0) is 60.7 Å². The van der Waals surface area contributed by atoms with Gasteiger partial charge in [0.2, 0.25) is 10.0 Å². The number of hydrogen-bond donors (Lipinski definition) is 1. The standard InChI is InChI=1S/C21H25FN2O4S/c1-14-10-15(2)13-24(12-14)29(26,27)18-7-5-17(6-8-18)23-21(25)19-11-16(22)4-9-20(19)28-3/h4-9,11,14-15H,10,12-13H2,1-3H3,(H,23,25). The van der Waals surface area contributed by atoms with Crippen LogP contribution in [0.1, 0.15) is 30.6 Å². The summed E-state index contributed by atoms with van der Waals surface area (Å²) in [6, 6.07) is 9.65. The molecule has 1 aliphatic rings. The zero-order chi connectivity index (χ0) is 21.2. The van der Waals surface area contributed by atoms with Gasteiger partial charge in [-0.25, -0.2) is 12.8 Å². The lowest BCUT2D eigenvalue weighted by Gasteiger charge is -2.34. The highest BCUT2D eigenvalue weighted by atomic mass is 32.2. The second-order valence-corrected chi connectivity index (χ2v) is 9.53. The van der Waals surface area contributed by atoms with Gasteiger partial charge >= 0.3 is 0 Å². The number of nitrogens with zero attached hydrogens (tertiary/aromatic N) is 1. The largest absolute Gasteiger partial charge is 0.496 e. The molecule has 2 unspecified atom stereocenters. The van der Waals surface area contributed by atoms with Crippen LogP contribution in [-0.2, 0) is 10.0 Å². The summed E-state index contributed by atoms with van der Waals surface area (Å²) >= 11 is 0.